The van der Waals surface area contributed by atoms with Crippen LogP contribution in [-0.2, 0) is 6.42 Å². The number of hydrogen-bond acceptors (Lipinski definition) is 4. The first-order chi connectivity index (χ1) is 13.9. The Morgan fingerprint density at radius 2 is 1.93 bits per heavy atom. The maximum atomic E-state index is 13.6. The average molecular weight is 401 g/mol. The van der Waals surface area contributed by atoms with Crippen molar-refractivity contribution in [2.75, 3.05) is 19.6 Å². The molecule has 0 saturated carbocycles. The second-order valence-corrected chi connectivity index (χ2v) is 7.49. The van der Waals surface area contributed by atoms with Gasteiger partial charge in [0.2, 0.25) is 0 Å². The maximum Gasteiger partial charge on any atom is 0.251 e. The van der Waals surface area contributed by atoms with Crippen LogP contribution in [0.15, 0.2) is 36.4 Å². The van der Waals surface area contributed by atoms with Gasteiger partial charge >= 0.3 is 0 Å². The highest BCUT2D eigenvalue weighted by Crippen LogP contribution is 2.15. The van der Waals surface area contributed by atoms with Crippen LogP contribution in [0.4, 0.5) is 8.78 Å². The summed E-state index contributed by atoms with van der Waals surface area (Å²) in [6.07, 6.45) is 1.60. The predicted octanol–water partition coefficient (Wildman–Crippen LogP) is 2.38. The summed E-state index contributed by atoms with van der Waals surface area (Å²) in [4.78, 5) is 23.9. The lowest BCUT2D eigenvalue weighted by molar-refractivity contribution is 0.0931. The number of halogens is 2. The summed E-state index contributed by atoms with van der Waals surface area (Å²) in [7, 11) is 0. The van der Waals surface area contributed by atoms with E-state index >= 15 is 0 Å². The molecule has 1 amide bonds. The molecule has 1 heterocycles. The minimum Gasteiger partial charge on any atom is -0.349 e. The number of rotatable bonds is 7. The molecule has 0 spiro atoms. The van der Waals surface area contributed by atoms with Crippen LogP contribution in [0.2, 0.25) is 0 Å². The third-order valence-electron chi connectivity index (χ3n) is 4.93. The van der Waals surface area contributed by atoms with E-state index in [0.29, 0.717) is 35.8 Å². The first kappa shape index (κ1) is 21.1. The lowest BCUT2D eigenvalue weighted by Gasteiger charge is -2.29. The van der Waals surface area contributed by atoms with Crippen molar-refractivity contribution >= 4 is 12.2 Å². The fraction of sp³-hybridized carbons (Fsp3) is 0.364. The highest BCUT2D eigenvalue weighted by Gasteiger charge is 2.22. The molecule has 0 unspecified atom stereocenters. The topological polar surface area (TPSA) is 70.2 Å². The molecule has 2 aromatic carbocycles. The van der Waals surface area contributed by atoms with E-state index in [1.165, 1.54) is 18.2 Å². The molecular formula is C22H25F2N3O2. The molecule has 5 nitrogen and oxygen atoms in total. The van der Waals surface area contributed by atoms with Crippen molar-refractivity contribution in [1.82, 2.24) is 16.0 Å². The minimum atomic E-state index is -0.642. The zero-order chi connectivity index (χ0) is 20.8. The van der Waals surface area contributed by atoms with Gasteiger partial charge in [-0.1, -0.05) is 0 Å². The van der Waals surface area contributed by atoms with Crippen LogP contribution < -0.4 is 16.0 Å². The van der Waals surface area contributed by atoms with Crippen LogP contribution in [0, 0.1) is 18.6 Å². The quantitative estimate of drug-likeness (QED) is 0.623. The van der Waals surface area contributed by atoms with Gasteiger partial charge in [-0.05, 0) is 61.2 Å². The highest BCUT2D eigenvalue weighted by molar-refractivity contribution is 5.96. The molecule has 0 aliphatic carbocycles. The van der Waals surface area contributed by atoms with Crippen LogP contribution in [0.25, 0.3) is 0 Å². The largest absolute Gasteiger partial charge is 0.349 e. The molecule has 0 bridgehead atoms. The molecule has 0 radical (unpaired) electrons. The molecule has 0 aromatic heterocycles. The summed E-state index contributed by atoms with van der Waals surface area (Å²) in [5, 5.41) is 9.66. The first-order valence-corrected chi connectivity index (χ1v) is 9.70. The normalized spacial score (nSPS) is 17.6. The Morgan fingerprint density at radius 1 is 1.17 bits per heavy atom. The van der Waals surface area contributed by atoms with E-state index in [2.05, 4.69) is 16.0 Å². The van der Waals surface area contributed by atoms with Gasteiger partial charge in [0, 0.05) is 48.9 Å². The minimum absolute atomic E-state index is 0.135. The summed E-state index contributed by atoms with van der Waals surface area (Å²) < 4.78 is 27.2. The molecule has 154 valence electrons. The number of benzene rings is 2. The summed E-state index contributed by atoms with van der Waals surface area (Å²) in [6, 6.07) is 8.15. The lowest BCUT2D eigenvalue weighted by Crippen LogP contribution is -2.51. The molecule has 1 aliphatic heterocycles. The predicted molar refractivity (Wildman–Crippen MR) is 107 cm³/mol. The van der Waals surface area contributed by atoms with Crippen LogP contribution in [0.3, 0.4) is 0 Å². The van der Waals surface area contributed by atoms with Crippen molar-refractivity contribution in [1.29, 1.82) is 0 Å². The SMILES string of the molecule is Cc1cc(C=O)cc(C(=O)N[C@@H](Cc2cc(F)cc(F)c2)C[C@H]2CNCCN2)c1. The number of nitrogens with one attached hydrogen (secondary N) is 3. The smallest absolute Gasteiger partial charge is 0.251 e. The van der Waals surface area contributed by atoms with Gasteiger partial charge in [-0.15, -0.1) is 0 Å². The highest BCUT2D eigenvalue weighted by atomic mass is 19.1. The Balaban J connectivity index is 1.78. The molecule has 2 aromatic rings. The van der Waals surface area contributed by atoms with Crippen molar-refractivity contribution in [2.45, 2.75) is 31.8 Å². The van der Waals surface area contributed by atoms with E-state index in [9.17, 15) is 18.4 Å². The van der Waals surface area contributed by atoms with Crippen molar-refractivity contribution in [2.24, 2.45) is 0 Å². The Labute approximate surface area is 168 Å². The van der Waals surface area contributed by atoms with Gasteiger partial charge in [-0.25, -0.2) is 8.78 Å². The van der Waals surface area contributed by atoms with Crippen LogP contribution >= 0.6 is 0 Å². The standard InChI is InChI=1S/C22H25F2N3O2/c1-14-4-16(13-28)6-17(5-14)22(29)27-20(11-21-12-25-2-3-26-21)9-15-7-18(23)10-19(24)8-15/h4-8,10,13,20-21,25-26H,2-3,9,11-12H2,1H3,(H,27,29)/t20-,21-/m0/s1. The summed E-state index contributed by atoms with van der Waals surface area (Å²) in [6.45, 7) is 4.26. The van der Waals surface area contributed by atoms with E-state index in [4.69, 9.17) is 0 Å². The Morgan fingerprint density at radius 3 is 2.59 bits per heavy atom. The summed E-state index contributed by atoms with van der Waals surface area (Å²) >= 11 is 0. The maximum absolute atomic E-state index is 13.6. The van der Waals surface area contributed by atoms with Gasteiger partial charge in [0.15, 0.2) is 0 Å². The number of carbonyl (C=O) groups excluding carboxylic acids is 2. The van der Waals surface area contributed by atoms with Crippen LogP contribution in [0.1, 0.15) is 38.3 Å². The van der Waals surface area contributed by atoms with E-state index < -0.39 is 11.6 Å². The van der Waals surface area contributed by atoms with Gasteiger partial charge < -0.3 is 16.0 Å². The summed E-state index contributed by atoms with van der Waals surface area (Å²) in [5.41, 5.74) is 2.10. The van der Waals surface area contributed by atoms with E-state index in [1.54, 1.807) is 12.1 Å². The third kappa shape index (κ3) is 6.17. The molecule has 2 atom stereocenters. The first-order valence-electron chi connectivity index (χ1n) is 9.70. The number of aldehydes is 1. The fourth-order valence-corrected chi connectivity index (χ4v) is 3.71. The molecule has 3 rings (SSSR count). The van der Waals surface area contributed by atoms with Crippen molar-refractivity contribution in [3.8, 4) is 0 Å². The van der Waals surface area contributed by atoms with E-state index in [-0.39, 0.29) is 18.0 Å². The van der Waals surface area contributed by atoms with Gasteiger partial charge in [-0.3, -0.25) is 9.59 Å². The third-order valence-corrected chi connectivity index (χ3v) is 4.93. The second-order valence-electron chi connectivity index (χ2n) is 7.49. The van der Waals surface area contributed by atoms with Gasteiger partial charge in [0.25, 0.3) is 5.91 Å². The number of amides is 1. The molecule has 7 heteroatoms. The molecule has 1 saturated heterocycles. The van der Waals surface area contributed by atoms with Gasteiger partial charge in [-0.2, -0.15) is 0 Å². The molecule has 29 heavy (non-hydrogen) atoms. The summed E-state index contributed by atoms with van der Waals surface area (Å²) in [5.74, 6) is -1.60. The molecular weight excluding hydrogens is 376 g/mol. The number of hydrogen-bond donors (Lipinski definition) is 3. The van der Waals surface area contributed by atoms with Crippen molar-refractivity contribution in [3.05, 3.63) is 70.3 Å². The molecule has 3 N–H and O–H groups in total. The lowest BCUT2D eigenvalue weighted by atomic mass is 9.97. The monoisotopic (exact) mass is 401 g/mol. The van der Waals surface area contributed by atoms with E-state index in [0.717, 1.165) is 31.3 Å². The molecule has 1 aliphatic rings. The van der Waals surface area contributed by atoms with Gasteiger partial charge in [0.1, 0.15) is 17.9 Å². The van der Waals surface area contributed by atoms with Gasteiger partial charge in [0.05, 0.1) is 0 Å². The Kier molecular flexibility index (Phi) is 7.06. The molecule has 1 fully saturated rings. The number of aryl methyl sites for hydroxylation is 1. The Hall–Kier alpha value is -2.64. The zero-order valence-electron chi connectivity index (χ0n) is 16.3. The number of piperazine rings is 1. The average Bonchev–Trinajstić information content (AvgIpc) is 2.67. The van der Waals surface area contributed by atoms with Crippen LogP contribution in [-0.4, -0.2) is 43.9 Å². The second kappa shape index (κ2) is 9.71. The fourth-order valence-electron chi connectivity index (χ4n) is 3.71. The zero-order valence-corrected chi connectivity index (χ0v) is 16.3. The van der Waals surface area contributed by atoms with Crippen molar-refractivity contribution in [3.63, 3.8) is 0 Å². The van der Waals surface area contributed by atoms with Crippen molar-refractivity contribution < 1.29 is 18.4 Å². The van der Waals surface area contributed by atoms with Crippen LogP contribution in [0.5, 0.6) is 0 Å². The Bertz CT molecular complexity index is 862. The van der Waals surface area contributed by atoms with E-state index in [1.807, 2.05) is 6.92 Å². The number of carbonyl (C=O) groups is 2.